The van der Waals surface area contributed by atoms with Gasteiger partial charge >= 0.3 is 5.97 Å². The number of thiophene rings is 1. The number of para-hydroxylation sites is 1. The molecule has 1 aromatic carbocycles. The minimum Gasteiger partial charge on any atom is -0.462 e. The van der Waals surface area contributed by atoms with Crippen LogP contribution in [0, 0.1) is 6.92 Å². The fourth-order valence-electron chi connectivity index (χ4n) is 3.43. The second-order valence-corrected chi connectivity index (χ2v) is 7.49. The van der Waals surface area contributed by atoms with Crippen LogP contribution in [0.15, 0.2) is 24.3 Å². The molecule has 5 nitrogen and oxygen atoms in total. The maximum Gasteiger partial charge on any atom is 0.348 e. The quantitative estimate of drug-likeness (QED) is 0.472. The van der Waals surface area contributed by atoms with Crippen molar-refractivity contribution < 1.29 is 9.53 Å². The van der Waals surface area contributed by atoms with Gasteiger partial charge in [-0.05, 0) is 55.5 Å². The highest BCUT2D eigenvalue weighted by atomic mass is 35.5. The minimum absolute atomic E-state index is 0.187. The summed E-state index contributed by atoms with van der Waals surface area (Å²) >= 11 is 7.52. The molecule has 0 atom stereocenters. The Balaban J connectivity index is 1.92. The topological polar surface area (TPSA) is 55.3 Å². The minimum atomic E-state index is -0.325. The number of hydrogen-bond donors (Lipinski definition) is 0. The molecule has 3 heterocycles. The number of nitrogens with zero attached hydrogens (tertiary/aromatic N) is 3. The van der Waals surface area contributed by atoms with E-state index in [4.69, 9.17) is 16.3 Å². The van der Waals surface area contributed by atoms with Crippen LogP contribution in [0.3, 0.4) is 0 Å². The first-order valence-electron chi connectivity index (χ1n) is 8.59. The molecule has 0 radical (unpaired) electrons. The van der Waals surface area contributed by atoms with E-state index in [-0.39, 0.29) is 11.3 Å². The number of benzene rings is 1. The zero-order chi connectivity index (χ0) is 18.3. The van der Waals surface area contributed by atoms with Gasteiger partial charge in [-0.3, -0.25) is 0 Å². The van der Waals surface area contributed by atoms with Crippen molar-refractivity contribution in [1.82, 2.24) is 9.97 Å². The van der Waals surface area contributed by atoms with E-state index in [9.17, 15) is 4.79 Å². The van der Waals surface area contributed by atoms with Gasteiger partial charge in [-0.2, -0.15) is 4.98 Å². The molecule has 0 aliphatic carbocycles. The van der Waals surface area contributed by atoms with E-state index in [2.05, 4.69) is 33.1 Å². The summed E-state index contributed by atoms with van der Waals surface area (Å²) in [4.78, 5) is 24.6. The Labute approximate surface area is 160 Å². The smallest absolute Gasteiger partial charge is 0.348 e. The molecule has 0 fully saturated rings. The number of fused-ring (bicyclic) bond motifs is 2. The maximum atomic E-state index is 12.3. The summed E-state index contributed by atoms with van der Waals surface area (Å²) in [6.45, 7) is 4.91. The second kappa shape index (κ2) is 6.85. The zero-order valence-electron chi connectivity index (χ0n) is 14.6. The van der Waals surface area contributed by atoms with Gasteiger partial charge in [0.1, 0.15) is 15.5 Å². The van der Waals surface area contributed by atoms with E-state index in [1.165, 1.54) is 16.9 Å². The van der Waals surface area contributed by atoms with Crippen molar-refractivity contribution >= 4 is 50.6 Å². The van der Waals surface area contributed by atoms with Crippen LogP contribution < -0.4 is 4.90 Å². The van der Waals surface area contributed by atoms with Crippen molar-refractivity contribution in [2.24, 2.45) is 0 Å². The molecule has 1 aliphatic heterocycles. The first-order chi connectivity index (χ1) is 12.6. The molecule has 0 amide bonds. The monoisotopic (exact) mass is 387 g/mol. The molecule has 0 saturated carbocycles. The number of halogens is 1. The third-order valence-electron chi connectivity index (χ3n) is 4.57. The number of rotatable bonds is 3. The molecule has 4 rings (SSSR count). The van der Waals surface area contributed by atoms with Crippen molar-refractivity contribution in [1.29, 1.82) is 0 Å². The molecule has 1 aliphatic rings. The number of aryl methyl sites for hydroxylation is 2. The summed E-state index contributed by atoms with van der Waals surface area (Å²) in [6.07, 6.45) is 2.08. The number of hydrogen-bond acceptors (Lipinski definition) is 6. The van der Waals surface area contributed by atoms with Gasteiger partial charge in [-0.15, -0.1) is 11.3 Å². The predicted octanol–water partition coefficient (Wildman–Crippen LogP) is 4.91. The summed E-state index contributed by atoms with van der Waals surface area (Å²) in [6, 6.07) is 8.33. The van der Waals surface area contributed by atoms with Gasteiger partial charge in [0.25, 0.3) is 0 Å². The van der Waals surface area contributed by atoms with E-state index in [1.807, 2.05) is 13.0 Å². The zero-order valence-corrected chi connectivity index (χ0v) is 16.2. The average molecular weight is 388 g/mol. The normalized spacial score (nSPS) is 13.7. The number of carbonyl (C=O) groups excluding carboxylic acids is 1. The summed E-state index contributed by atoms with van der Waals surface area (Å²) in [5, 5.41) is 1.06. The Hall–Kier alpha value is -2.18. The van der Waals surface area contributed by atoms with Crippen LogP contribution in [0.4, 0.5) is 11.5 Å². The average Bonchev–Trinajstić information content (AvgIpc) is 2.97. The molecule has 7 heteroatoms. The van der Waals surface area contributed by atoms with Crippen LogP contribution in [-0.4, -0.2) is 29.1 Å². The number of aromatic nitrogens is 2. The van der Waals surface area contributed by atoms with E-state index in [0.717, 1.165) is 41.8 Å². The fourth-order valence-corrected chi connectivity index (χ4v) is 4.72. The molecule has 2 aromatic heterocycles. The fraction of sp³-hybridized carbons (Fsp3) is 0.316. The first-order valence-corrected chi connectivity index (χ1v) is 9.78. The Bertz CT molecular complexity index is 1000. The predicted molar refractivity (Wildman–Crippen MR) is 105 cm³/mol. The Morgan fingerprint density at radius 3 is 2.96 bits per heavy atom. The van der Waals surface area contributed by atoms with E-state index in [1.54, 1.807) is 6.92 Å². The Kier molecular flexibility index (Phi) is 4.54. The van der Waals surface area contributed by atoms with Gasteiger partial charge in [-0.1, -0.05) is 18.2 Å². The molecule has 3 aromatic rings. The van der Waals surface area contributed by atoms with Crippen LogP contribution in [0.1, 0.15) is 34.1 Å². The van der Waals surface area contributed by atoms with Gasteiger partial charge in [0, 0.05) is 12.2 Å². The lowest BCUT2D eigenvalue weighted by Crippen LogP contribution is -2.25. The highest BCUT2D eigenvalue weighted by Gasteiger charge is 2.26. The van der Waals surface area contributed by atoms with E-state index >= 15 is 0 Å². The molecular formula is C19H18ClN3O2S. The van der Waals surface area contributed by atoms with Crippen molar-refractivity contribution in [3.8, 4) is 0 Å². The highest BCUT2D eigenvalue weighted by Crippen LogP contribution is 2.41. The largest absolute Gasteiger partial charge is 0.462 e. The van der Waals surface area contributed by atoms with Crippen molar-refractivity contribution in [3.63, 3.8) is 0 Å². The lowest BCUT2D eigenvalue weighted by atomic mass is 10.0. The van der Waals surface area contributed by atoms with Crippen molar-refractivity contribution in [3.05, 3.63) is 45.6 Å². The summed E-state index contributed by atoms with van der Waals surface area (Å²) < 4.78 is 5.19. The highest BCUT2D eigenvalue weighted by molar-refractivity contribution is 7.20. The van der Waals surface area contributed by atoms with Crippen LogP contribution in [-0.2, 0) is 11.2 Å². The molecule has 134 valence electrons. The van der Waals surface area contributed by atoms with Crippen molar-refractivity contribution in [2.75, 3.05) is 18.1 Å². The van der Waals surface area contributed by atoms with Crippen LogP contribution in [0.25, 0.3) is 10.2 Å². The summed E-state index contributed by atoms with van der Waals surface area (Å²) in [5.41, 5.74) is 3.27. The number of ether oxygens (including phenoxy) is 1. The summed E-state index contributed by atoms with van der Waals surface area (Å²) in [5.74, 6) is 0.436. The summed E-state index contributed by atoms with van der Waals surface area (Å²) in [7, 11) is 0. The molecule has 0 N–H and O–H groups in total. The standard InChI is InChI=1S/C19H18ClN3O2S/c1-3-25-18(24)15-11(2)14-16(21-19(20)22-17(14)26-15)23-10-6-8-12-7-4-5-9-13(12)23/h4-5,7,9H,3,6,8,10H2,1-2H3. The van der Waals surface area contributed by atoms with Gasteiger partial charge in [0.2, 0.25) is 5.28 Å². The Morgan fingerprint density at radius 1 is 1.35 bits per heavy atom. The molecule has 0 saturated heterocycles. The van der Waals surface area contributed by atoms with E-state index in [0.29, 0.717) is 16.3 Å². The molecule has 26 heavy (non-hydrogen) atoms. The van der Waals surface area contributed by atoms with Gasteiger partial charge in [-0.25, -0.2) is 9.78 Å². The number of carbonyl (C=O) groups is 1. The molecule has 0 bridgehead atoms. The second-order valence-electron chi connectivity index (χ2n) is 6.16. The molecule has 0 unspecified atom stereocenters. The number of esters is 1. The first kappa shape index (κ1) is 17.2. The van der Waals surface area contributed by atoms with Gasteiger partial charge in [0.05, 0.1) is 12.0 Å². The van der Waals surface area contributed by atoms with Crippen molar-refractivity contribution in [2.45, 2.75) is 26.7 Å². The maximum absolute atomic E-state index is 12.3. The lowest BCUT2D eigenvalue weighted by Gasteiger charge is -2.31. The molecular weight excluding hydrogens is 370 g/mol. The van der Waals surface area contributed by atoms with Crippen LogP contribution >= 0.6 is 22.9 Å². The SMILES string of the molecule is CCOC(=O)c1sc2nc(Cl)nc(N3CCCc4ccccc43)c2c1C. The lowest BCUT2D eigenvalue weighted by molar-refractivity contribution is 0.0531. The third-order valence-corrected chi connectivity index (χ3v) is 5.91. The molecule has 0 spiro atoms. The third kappa shape index (κ3) is 2.83. The van der Waals surface area contributed by atoms with Gasteiger partial charge in [0.15, 0.2) is 0 Å². The van der Waals surface area contributed by atoms with Gasteiger partial charge < -0.3 is 9.64 Å². The van der Waals surface area contributed by atoms with Crippen LogP contribution in [0.5, 0.6) is 0 Å². The van der Waals surface area contributed by atoms with E-state index < -0.39 is 0 Å². The van der Waals surface area contributed by atoms with Crippen LogP contribution in [0.2, 0.25) is 5.28 Å². The Morgan fingerprint density at radius 2 is 2.15 bits per heavy atom. The number of anilines is 2.